The molecule has 0 fully saturated rings. The average Bonchev–Trinajstić information content (AvgIpc) is 3.62. The summed E-state index contributed by atoms with van der Waals surface area (Å²) in [6, 6.07) is 15.8. The number of tetrazole rings is 1. The van der Waals surface area contributed by atoms with Gasteiger partial charge in [0.05, 0.1) is 7.11 Å². The first-order valence-electron chi connectivity index (χ1n) is 12.7. The maximum Gasteiger partial charge on any atom is 0.333 e. The van der Waals surface area contributed by atoms with Crippen LogP contribution in [-0.4, -0.2) is 52.4 Å². The van der Waals surface area contributed by atoms with E-state index in [1.165, 1.54) is 16.2 Å². The van der Waals surface area contributed by atoms with Crippen molar-refractivity contribution in [3.8, 4) is 22.5 Å². The molecule has 200 valence electrons. The highest BCUT2D eigenvalue weighted by molar-refractivity contribution is 5.80. The number of H-pyrrole nitrogens is 1. The van der Waals surface area contributed by atoms with Crippen molar-refractivity contribution in [3.63, 3.8) is 0 Å². The Labute approximate surface area is 222 Å². The quantitative estimate of drug-likeness (QED) is 0.287. The second kappa shape index (κ2) is 10.9. The zero-order chi connectivity index (χ0) is 27.5. The number of carbonyl (C=O) groups is 1. The Morgan fingerprint density at radius 2 is 1.72 bits per heavy atom. The minimum atomic E-state index is -0.593. The van der Waals surface area contributed by atoms with E-state index < -0.39 is 17.2 Å². The number of rotatable bonds is 9. The molecule has 5 rings (SSSR count). The number of aryl methyl sites for hydroxylation is 1. The number of benzene rings is 2. The summed E-state index contributed by atoms with van der Waals surface area (Å²) in [4.78, 5) is 43.4. The fourth-order valence-corrected chi connectivity index (χ4v) is 4.71. The second-order valence-electron chi connectivity index (χ2n) is 9.02. The SMILES string of the molecule is CCCn1c(=O)c2c(nc(CC)n2Cc2ccc(-c3ccccc3-c3nn[nH]n3)cc2)n(CC(=O)OC)c1=O. The summed E-state index contributed by atoms with van der Waals surface area (Å²) in [5.74, 6) is 0.554. The van der Waals surface area contributed by atoms with Gasteiger partial charge in [0.25, 0.3) is 5.56 Å². The van der Waals surface area contributed by atoms with E-state index in [2.05, 4.69) is 25.6 Å². The molecule has 0 atom stereocenters. The molecule has 0 radical (unpaired) electrons. The maximum absolute atomic E-state index is 13.5. The molecule has 12 nitrogen and oxygen atoms in total. The van der Waals surface area contributed by atoms with Gasteiger partial charge in [-0.2, -0.15) is 5.21 Å². The van der Waals surface area contributed by atoms with Crippen LogP contribution in [0.25, 0.3) is 33.7 Å². The Morgan fingerprint density at radius 1 is 0.974 bits per heavy atom. The number of esters is 1. The van der Waals surface area contributed by atoms with Crippen molar-refractivity contribution in [2.45, 2.75) is 46.3 Å². The number of hydrogen-bond donors (Lipinski definition) is 1. The number of nitrogens with one attached hydrogen (secondary N) is 1. The molecule has 3 aromatic heterocycles. The average molecular weight is 529 g/mol. The Kier molecular flexibility index (Phi) is 7.17. The standard InChI is InChI=1S/C27H28N8O4/c1-4-14-33-26(37)23-25(35(27(33)38)16-22(36)39-3)28-21(5-2)34(23)15-17-10-12-18(13-11-17)19-8-6-7-9-20(19)24-29-31-32-30-24/h6-13H,4-5,14-16H2,1-3H3,(H,29,30,31,32). The van der Waals surface area contributed by atoms with Crippen molar-refractivity contribution in [1.29, 1.82) is 0 Å². The zero-order valence-electron chi connectivity index (χ0n) is 21.9. The number of aromatic amines is 1. The lowest BCUT2D eigenvalue weighted by atomic mass is 9.98. The Bertz CT molecular complexity index is 1750. The molecule has 1 N–H and O–H groups in total. The Morgan fingerprint density at radius 3 is 2.36 bits per heavy atom. The summed E-state index contributed by atoms with van der Waals surface area (Å²) in [6.07, 6.45) is 1.12. The zero-order valence-corrected chi connectivity index (χ0v) is 21.9. The van der Waals surface area contributed by atoms with E-state index in [0.29, 0.717) is 31.0 Å². The molecule has 0 aliphatic rings. The van der Waals surface area contributed by atoms with Crippen molar-refractivity contribution in [2.24, 2.45) is 0 Å². The number of ether oxygens (including phenoxy) is 1. The third kappa shape index (κ3) is 4.76. The maximum atomic E-state index is 13.5. The molecular weight excluding hydrogens is 500 g/mol. The van der Waals surface area contributed by atoms with Gasteiger partial charge in [-0.05, 0) is 28.3 Å². The lowest BCUT2D eigenvalue weighted by Gasteiger charge is -2.13. The number of nitrogens with zero attached hydrogens (tertiary/aromatic N) is 7. The summed E-state index contributed by atoms with van der Waals surface area (Å²) >= 11 is 0. The van der Waals surface area contributed by atoms with Crippen LogP contribution in [0.2, 0.25) is 0 Å². The summed E-state index contributed by atoms with van der Waals surface area (Å²) in [6.45, 7) is 4.08. The van der Waals surface area contributed by atoms with E-state index in [-0.39, 0.29) is 24.3 Å². The van der Waals surface area contributed by atoms with Crippen LogP contribution < -0.4 is 11.2 Å². The van der Waals surface area contributed by atoms with Gasteiger partial charge < -0.3 is 9.30 Å². The summed E-state index contributed by atoms with van der Waals surface area (Å²) in [7, 11) is 1.26. The molecule has 0 saturated heterocycles. The van der Waals surface area contributed by atoms with E-state index in [9.17, 15) is 14.4 Å². The molecule has 39 heavy (non-hydrogen) atoms. The molecule has 12 heteroatoms. The van der Waals surface area contributed by atoms with Gasteiger partial charge in [0, 0.05) is 25.1 Å². The van der Waals surface area contributed by atoms with Gasteiger partial charge in [0.1, 0.15) is 12.4 Å². The van der Waals surface area contributed by atoms with Crippen molar-refractivity contribution >= 4 is 17.1 Å². The molecule has 5 aromatic rings. The molecule has 0 aliphatic carbocycles. The van der Waals surface area contributed by atoms with Crippen LogP contribution in [0.3, 0.4) is 0 Å². The Hall–Kier alpha value is -4.87. The number of hydrogen-bond acceptors (Lipinski definition) is 8. The highest BCUT2D eigenvalue weighted by Gasteiger charge is 2.22. The molecule has 2 aromatic carbocycles. The molecular formula is C27H28N8O4. The fraction of sp³-hybridized carbons (Fsp3) is 0.296. The van der Waals surface area contributed by atoms with Crippen molar-refractivity contribution in [3.05, 3.63) is 80.8 Å². The van der Waals surface area contributed by atoms with Crippen LogP contribution in [0.4, 0.5) is 0 Å². The molecule has 0 saturated carbocycles. The van der Waals surface area contributed by atoms with E-state index in [0.717, 1.165) is 22.3 Å². The first-order valence-corrected chi connectivity index (χ1v) is 12.7. The molecule has 0 unspecified atom stereocenters. The highest BCUT2D eigenvalue weighted by Crippen LogP contribution is 2.30. The number of imidazole rings is 1. The summed E-state index contributed by atoms with van der Waals surface area (Å²) in [5.41, 5.74) is 3.21. The number of carbonyl (C=O) groups excluding carboxylic acids is 1. The first kappa shape index (κ1) is 25.8. The van der Waals surface area contributed by atoms with Crippen LogP contribution in [0, 0.1) is 0 Å². The van der Waals surface area contributed by atoms with Gasteiger partial charge in [-0.25, -0.2) is 9.78 Å². The minimum absolute atomic E-state index is 0.185. The van der Waals surface area contributed by atoms with E-state index in [1.807, 2.05) is 66.9 Å². The fourth-order valence-electron chi connectivity index (χ4n) is 4.71. The second-order valence-corrected chi connectivity index (χ2v) is 9.02. The van der Waals surface area contributed by atoms with Crippen LogP contribution in [0.5, 0.6) is 0 Å². The van der Waals surface area contributed by atoms with Crippen LogP contribution >= 0.6 is 0 Å². The van der Waals surface area contributed by atoms with Crippen molar-refractivity contribution < 1.29 is 9.53 Å². The Balaban J connectivity index is 1.58. The highest BCUT2D eigenvalue weighted by atomic mass is 16.5. The topological polar surface area (TPSA) is 143 Å². The largest absolute Gasteiger partial charge is 0.468 e. The molecule has 0 bridgehead atoms. The first-order chi connectivity index (χ1) is 19.0. The van der Waals surface area contributed by atoms with Crippen LogP contribution in [0.1, 0.15) is 31.7 Å². The van der Waals surface area contributed by atoms with Crippen molar-refractivity contribution in [1.82, 2.24) is 39.3 Å². The van der Waals surface area contributed by atoms with Crippen molar-refractivity contribution in [2.75, 3.05) is 7.11 Å². The van der Waals surface area contributed by atoms with Gasteiger partial charge in [-0.3, -0.25) is 18.7 Å². The number of aromatic nitrogens is 8. The third-order valence-electron chi connectivity index (χ3n) is 6.59. The minimum Gasteiger partial charge on any atom is -0.468 e. The van der Waals surface area contributed by atoms with Gasteiger partial charge in [-0.15, -0.1) is 10.2 Å². The summed E-state index contributed by atoms with van der Waals surface area (Å²) < 4.78 is 9.02. The van der Waals surface area contributed by atoms with Gasteiger partial charge in [0.15, 0.2) is 11.2 Å². The lowest BCUT2D eigenvalue weighted by molar-refractivity contribution is -0.141. The smallest absolute Gasteiger partial charge is 0.333 e. The number of methoxy groups -OCH3 is 1. The third-order valence-corrected chi connectivity index (χ3v) is 6.59. The van der Waals surface area contributed by atoms with E-state index in [4.69, 9.17) is 4.74 Å². The van der Waals surface area contributed by atoms with Crippen LogP contribution in [-0.2, 0) is 35.6 Å². The van der Waals surface area contributed by atoms with Crippen LogP contribution in [0.15, 0.2) is 58.1 Å². The molecule has 0 aliphatic heterocycles. The normalized spacial score (nSPS) is 11.3. The molecule has 0 spiro atoms. The van der Waals surface area contributed by atoms with Gasteiger partial charge in [-0.1, -0.05) is 62.4 Å². The molecule has 3 heterocycles. The number of fused-ring (bicyclic) bond motifs is 1. The van der Waals surface area contributed by atoms with Gasteiger partial charge >= 0.3 is 11.7 Å². The predicted octanol–water partition coefficient (Wildman–Crippen LogP) is 2.40. The van der Waals surface area contributed by atoms with E-state index >= 15 is 0 Å². The molecule has 0 amide bonds. The summed E-state index contributed by atoms with van der Waals surface area (Å²) in [5, 5.41) is 14.4. The monoisotopic (exact) mass is 528 g/mol. The van der Waals surface area contributed by atoms with E-state index in [1.54, 1.807) is 0 Å². The van der Waals surface area contributed by atoms with Gasteiger partial charge in [0.2, 0.25) is 5.82 Å². The lowest BCUT2D eigenvalue weighted by Crippen LogP contribution is -2.41. The predicted molar refractivity (Wildman–Crippen MR) is 144 cm³/mol.